The van der Waals surface area contributed by atoms with Crippen LogP contribution in [0.3, 0.4) is 0 Å². The van der Waals surface area contributed by atoms with Crippen LogP contribution in [0.4, 0.5) is 11.5 Å². The van der Waals surface area contributed by atoms with Crippen molar-refractivity contribution in [1.82, 2.24) is 14.9 Å². The molecule has 1 aliphatic heterocycles. The maximum atomic E-state index is 13.2. The van der Waals surface area contributed by atoms with E-state index in [1.165, 1.54) is 11.8 Å². The van der Waals surface area contributed by atoms with Gasteiger partial charge in [-0.2, -0.15) is 0 Å². The Morgan fingerprint density at radius 3 is 2.24 bits per heavy atom. The Labute approximate surface area is 274 Å². The molecular formula is C34H38ClN5O4S. The van der Waals surface area contributed by atoms with Crippen molar-refractivity contribution in [2.24, 2.45) is 0 Å². The van der Waals surface area contributed by atoms with Crippen molar-refractivity contribution >= 4 is 40.8 Å². The molecule has 0 radical (unpaired) electrons. The molecule has 9 nitrogen and oxygen atoms in total. The first kappa shape index (κ1) is 32.2. The first-order chi connectivity index (χ1) is 21.9. The predicted octanol–water partition coefficient (Wildman–Crippen LogP) is 6.09. The SMILES string of the molecule is COc1ccc(CCN(C)c2cc(Cl)nc(SCc3ccc(C(=O)N4CCN(c5ccccc5OC)CC4)cc3)n2)cc1OC. The normalized spacial score (nSPS) is 13.0. The van der Waals surface area contributed by atoms with E-state index in [0.29, 0.717) is 46.2 Å². The molecular weight excluding hydrogens is 610 g/mol. The lowest BCUT2D eigenvalue weighted by Gasteiger charge is -2.36. The van der Waals surface area contributed by atoms with E-state index in [1.807, 2.05) is 72.6 Å². The number of nitrogens with zero attached hydrogens (tertiary/aromatic N) is 5. The summed E-state index contributed by atoms with van der Waals surface area (Å²) >= 11 is 7.89. The summed E-state index contributed by atoms with van der Waals surface area (Å²) in [4.78, 5) is 28.6. The number of rotatable bonds is 12. The van der Waals surface area contributed by atoms with E-state index in [2.05, 4.69) is 20.9 Å². The van der Waals surface area contributed by atoms with Crippen molar-refractivity contribution in [2.45, 2.75) is 17.3 Å². The average molecular weight is 648 g/mol. The van der Waals surface area contributed by atoms with Gasteiger partial charge >= 0.3 is 0 Å². The van der Waals surface area contributed by atoms with Crippen molar-refractivity contribution in [3.8, 4) is 17.2 Å². The number of ether oxygens (including phenoxy) is 3. The number of halogens is 1. The molecule has 0 atom stereocenters. The molecule has 0 bridgehead atoms. The number of para-hydroxylation sites is 2. The van der Waals surface area contributed by atoms with Crippen LogP contribution in [0.1, 0.15) is 21.5 Å². The van der Waals surface area contributed by atoms with Crippen molar-refractivity contribution in [3.05, 3.63) is 94.6 Å². The van der Waals surface area contributed by atoms with Crippen molar-refractivity contribution in [1.29, 1.82) is 0 Å². The molecule has 1 aliphatic rings. The van der Waals surface area contributed by atoms with Gasteiger partial charge in [-0.1, -0.05) is 53.7 Å². The number of benzene rings is 3. The fourth-order valence-corrected chi connectivity index (χ4v) is 6.25. The van der Waals surface area contributed by atoms with E-state index in [0.717, 1.165) is 54.4 Å². The summed E-state index contributed by atoms with van der Waals surface area (Å²) in [5, 5.41) is 0.996. The summed E-state index contributed by atoms with van der Waals surface area (Å²) in [6.07, 6.45) is 0.795. The number of methoxy groups -OCH3 is 3. The van der Waals surface area contributed by atoms with Crippen molar-refractivity contribution in [3.63, 3.8) is 0 Å². The molecule has 1 fully saturated rings. The summed E-state index contributed by atoms with van der Waals surface area (Å²) < 4.78 is 16.3. The van der Waals surface area contributed by atoms with E-state index in [9.17, 15) is 4.79 Å². The van der Waals surface area contributed by atoms with E-state index in [4.69, 9.17) is 30.8 Å². The highest BCUT2D eigenvalue weighted by atomic mass is 35.5. The predicted molar refractivity (Wildman–Crippen MR) is 181 cm³/mol. The molecule has 0 spiro atoms. The standard InChI is InChI=1S/C34H38ClN5O4S/c1-38(16-15-24-11-14-29(43-3)30(21-24)44-4)32-22-31(35)36-34(37-32)45-23-25-9-12-26(13-10-25)33(41)40-19-17-39(18-20-40)27-7-5-6-8-28(27)42-2/h5-14,21-22H,15-20,23H2,1-4H3. The smallest absolute Gasteiger partial charge is 0.253 e. The number of aromatic nitrogens is 2. The van der Waals surface area contributed by atoms with Crippen LogP contribution in [0.2, 0.25) is 5.15 Å². The van der Waals surface area contributed by atoms with Gasteiger partial charge in [-0.15, -0.1) is 0 Å². The van der Waals surface area contributed by atoms with E-state index < -0.39 is 0 Å². The average Bonchev–Trinajstić information content (AvgIpc) is 3.09. The highest BCUT2D eigenvalue weighted by molar-refractivity contribution is 7.98. The van der Waals surface area contributed by atoms with Crippen LogP contribution in [0.5, 0.6) is 17.2 Å². The van der Waals surface area contributed by atoms with Crippen molar-refractivity contribution < 1.29 is 19.0 Å². The minimum Gasteiger partial charge on any atom is -0.495 e. The molecule has 3 aromatic carbocycles. The second-order valence-corrected chi connectivity index (χ2v) is 12.0. The third kappa shape index (κ3) is 8.12. The largest absolute Gasteiger partial charge is 0.495 e. The molecule has 1 aromatic heterocycles. The van der Waals surface area contributed by atoms with Crippen molar-refractivity contribution in [2.75, 3.05) is 70.9 Å². The van der Waals surface area contributed by atoms with Gasteiger partial charge in [-0.05, 0) is 53.9 Å². The Morgan fingerprint density at radius 2 is 1.53 bits per heavy atom. The molecule has 0 aliphatic carbocycles. The monoisotopic (exact) mass is 647 g/mol. The first-order valence-corrected chi connectivity index (χ1v) is 16.1. The van der Waals surface area contributed by atoms with Crippen LogP contribution in [-0.4, -0.2) is 81.9 Å². The number of carbonyl (C=O) groups excluding carboxylic acids is 1. The maximum absolute atomic E-state index is 13.2. The number of thioether (sulfide) groups is 1. The third-order valence-electron chi connectivity index (χ3n) is 7.80. The number of hydrogen-bond acceptors (Lipinski definition) is 9. The lowest BCUT2D eigenvalue weighted by Crippen LogP contribution is -2.48. The van der Waals surface area contributed by atoms with Crippen LogP contribution in [0, 0.1) is 0 Å². The van der Waals surface area contributed by atoms with E-state index in [1.54, 1.807) is 27.4 Å². The number of amides is 1. The zero-order chi connectivity index (χ0) is 31.8. The Bertz CT molecular complexity index is 1600. The van der Waals surface area contributed by atoms with Crippen LogP contribution in [0.15, 0.2) is 78.0 Å². The lowest BCUT2D eigenvalue weighted by molar-refractivity contribution is 0.0746. The topological polar surface area (TPSA) is 80.3 Å². The molecule has 45 heavy (non-hydrogen) atoms. The van der Waals surface area contributed by atoms with Gasteiger partial charge in [0.05, 0.1) is 27.0 Å². The number of anilines is 2. The number of piperazine rings is 1. The highest BCUT2D eigenvalue weighted by Crippen LogP contribution is 2.30. The molecule has 11 heteroatoms. The van der Waals surface area contributed by atoms with Gasteiger partial charge in [0, 0.05) is 57.2 Å². The van der Waals surface area contributed by atoms with E-state index >= 15 is 0 Å². The minimum absolute atomic E-state index is 0.0489. The Kier molecular flexibility index (Phi) is 10.9. The molecule has 4 aromatic rings. The highest BCUT2D eigenvalue weighted by Gasteiger charge is 2.23. The van der Waals surface area contributed by atoms with Gasteiger partial charge in [-0.3, -0.25) is 4.79 Å². The summed E-state index contributed by atoms with van der Waals surface area (Å²) in [5.74, 6) is 3.73. The molecule has 1 saturated heterocycles. The first-order valence-electron chi connectivity index (χ1n) is 14.7. The fraction of sp³-hybridized carbons (Fsp3) is 0.324. The molecule has 2 heterocycles. The van der Waals surface area contributed by atoms with Crippen LogP contribution in [-0.2, 0) is 12.2 Å². The maximum Gasteiger partial charge on any atom is 0.253 e. The second kappa shape index (κ2) is 15.2. The van der Waals surface area contributed by atoms with Gasteiger partial charge in [0.1, 0.15) is 16.7 Å². The van der Waals surface area contributed by atoms with Gasteiger partial charge in [0.15, 0.2) is 16.7 Å². The van der Waals surface area contributed by atoms with Gasteiger partial charge in [-0.25, -0.2) is 9.97 Å². The summed E-state index contributed by atoms with van der Waals surface area (Å²) in [7, 11) is 6.94. The summed E-state index contributed by atoms with van der Waals surface area (Å²) in [6.45, 7) is 3.57. The second-order valence-electron chi connectivity index (χ2n) is 10.6. The lowest BCUT2D eigenvalue weighted by atomic mass is 10.1. The van der Waals surface area contributed by atoms with Gasteiger partial charge < -0.3 is 28.9 Å². The molecule has 1 amide bonds. The zero-order valence-electron chi connectivity index (χ0n) is 26.0. The van der Waals surface area contributed by atoms with Crippen LogP contribution >= 0.6 is 23.4 Å². The number of likely N-dealkylation sites (N-methyl/N-ethyl adjacent to an activating group) is 1. The Balaban J connectivity index is 1.13. The fourth-order valence-electron chi connectivity index (χ4n) is 5.21. The van der Waals surface area contributed by atoms with Gasteiger partial charge in [0.25, 0.3) is 5.91 Å². The molecule has 236 valence electrons. The number of carbonyl (C=O) groups is 1. The van der Waals surface area contributed by atoms with E-state index in [-0.39, 0.29) is 5.91 Å². The molecule has 0 N–H and O–H groups in total. The van der Waals surface area contributed by atoms with Gasteiger partial charge in [0.2, 0.25) is 0 Å². The van der Waals surface area contributed by atoms with Crippen LogP contribution < -0.4 is 24.0 Å². The molecule has 0 unspecified atom stereocenters. The third-order valence-corrected chi connectivity index (χ3v) is 8.91. The molecule has 5 rings (SSSR count). The zero-order valence-corrected chi connectivity index (χ0v) is 27.6. The summed E-state index contributed by atoms with van der Waals surface area (Å²) in [6, 6.07) is 23.5. The van der Waals surface area contributed by atoms with Crippen LogP contribution in [0.25, 0.3) is 0 Å². The minimum atomic E-state index is 0.0489. The Morgan fingerprint density at radius 1 is 0.844 bits per heavy atom. The summed E-state index contributed by atoms with van der Waals surface area (Å²) in [5.41, 5.74) is 3.95. The quantitative estimate of drug-likeness (QED) is 0.103. The number of hydrogen-bond donors (Lipinski definition) is 0. The molecule has 0 saturated carbocycles. The Hall–Kier alpha value is -4.15.